The third-order valence-corrected chi connectivity index (χ3v) is 2.53. The molecule has 1 rings (SSSR count). The van der Waals surface area contributed by atoms with Gasteiger partial charge in [0.1, 0.15) is 5.82 Å². The van der Waals surface area contributed by atoms with Crippen LogP contribution in [-0.2, 0) is 4.74 Å². The van der Waals surface area contributed by atoms with Gasteiger partial charge in [-0.05, 0) is 12.1 Å². The number of benzene rings is 1. The number of ether oxygens (including phenoxy) is 1. The third kappa shape index (κ3) is 3.98. The number of carbonyl (C=O) groups excluding carboxylic acids is 1. The second-order valence-electron chi connectivity index (χ2n) is 3.72. The Morgan fingerprint density at radius 2 is 2.18 bits per heavy atom. The summed E-state index contributed by atoms with van der Waals surface area (Å²) < 4.78 is 18.3. The Bertz CT molecular complexity index is 387. The first-order valence-corrected chi connectivity index (χ1v) is 5.63. The zero-order valence-electron chi connectivity index (χ0n) is 9.82. The van der Waals surface area contributed by atoms with Gasteiger partial charge in [0.25, 0.3) is 5.91 Å². The molecule has 94 valence electrons. The van der Waals surface area contributed by atoms with Crippen molar-refractivity contribution in [2.24, 2.45) is 0 Å². The molecule has 17 heavy (non-hydrogen) atoms. The normalized spacial score (nSPS) is 12.2. The molecule has 0 N–H and O–H groups in total. The fourth-order valence-electron chi connectivity index (χ4n) is 1.45. The molecule has 0 heterocycles. The van der Waals surface area contributed by atoms with E-state index >= 15 is 0 Å². The van der Waals surface area contributed by atoms with Gasteiger partial charge < -0.3 is 9.64 Å². The van der Waals surface area contributed by atoms with Crippen molar-refractivity contribution in [3.8, 4) is 0 Å². The summed E-state index contributed by atoms with van der Waals surface area (Å²) in [6, 6.07) is 5.88. The number of carbonyl (C=O) groups is 1. The molecule has 0 aliphatic carbocycles. The minimum atomic E-state index is -0.526. The maximum Gasteiger partial charge on any atom is 0.256 e. The Morgan fingerprint density at radius 1 is 1.53 bits per heavy atom. The van der Waals surface area contributed by atoms with Crippen LogP contribution in [0.3, 0.4) is 0 Å². The molecule has 0 radical (unpaired) electrons. The quantitative estimate of drug-likeness (QED) is 0.759. The summed E-state index contributed by atoms with van der Waals surface area (Å²) in [6.07, 6.45) is 0. The highest BCUT2D eigenvalue weighted by Gasteiger charge is 2.18. The summed E-state index contributed by atoms with van der Waals surface area (Å²) in [5, 5.41) is -0.305. The van der Waals surface area contributed by atoms with E-state index in [0.29, 0.717) is 13.2 Å². The van der Waals surface area contributed by atoms with Gasteiger partial charge in [-0.3, -0.25) is 4.79 Å². The van der Waals surface area contributed by atoms with E-state index in [-0.39, 0.29) is 16.8 Å². The molecule has 1 unspecified atom stereocenters. The van der Waals surface area contributed by atoms with Crippen LogP contribution in [0.2, 0.25) is 0 Å². The van der Waals surface area contributed by atoms with Gasteiger partial charge in [-0.15, -0.1) is 11.6 Å². The fraction of sp³-hybridized carbons (Fsp3) is 0.417. The lowest BCUT2D eigenvalue weighted by molar-refractivity contribution is 0.0777. The molecule has 0 aliphatic heterocycles. The number of alkyl halides is 1. The molecule has 0 aliphatic rings. The number of nitrogens with zero attached hydrogens (tertiary/aromatic N) is 1. The van der Waals surface area contributed by atoms with E-state index in [1.54, 1.807) is 19.2 Å². The van der Waals surface area contributed by atoms with Crippen LogP contribution in [0.15, 0.2) is 24.3 Å². The Balaban J connectivity index is 2.67. The zero-order chi connectivity index (χ0) is 12.8. The number of hydrogen-bond donors (Lipinski definition) is 0. The number of rotatable bonds is 5. The van der Waals surface area contributed by atoms with Crippen LogP contribution >= 0.6 is 11.6 Å². The molecular formula is C12H15ClFNO2. The summed E-state index contributed by atoms with van der Waals surface area (Å²) in [5.74, 6) is -0.910. The average Bonchev–Trinajstić information content (AvgIpc) is 2.29. The highest BCUT2D eigenvalue weighted by atomic mass is 35.5. The van der Waals surface area contributed by atoms with Gasteiger partial charge in [0, 0.05) is 20.7 Å². The molecule has 3 nitrogen and oxygen atoms in total. The molecule has 1 aromatic rings. The molecule has 0 saturated heterocycles. The maximum absolute atomic E-state index is 13.4. The largest absolute Gasteiger partial charge is 0.383 e. The molecule has 0 fully saturated rings. The van der Waals surface area contributed by atoms with Crippen LogP contribution in [0.5, 0.6) is 0 Å². The SMILES string of the molecule is COCC(Cl)CN(C)C(=O)c1ccccc1F. The highest BCUT2D eigenvalue weighted by Crippen LogP contribution is 2.10. The number of hydrogen-bond acceptors (Lipinski definition) is 2. The predicted octanol–water partition coefficient (Wildman–Crippen LogP) is 2.15. The van der Waals surface area contributed by atoms with Crippen molar-refractivity contribution in [1.29, 1.82) is 0 Å². The summed E-state index contributed by atoms with van der Waals surface area (Å²) in [6.45, 7) is 0.652. The second-order valence-corrected chi connectivity index (χ2v) is 4.34. The molecule has 0 bridgehead atoms. The first-order valence-electron chi connectivity index (χ1n) is 5.19. The van der Waals surface area contributed by atoms with Crippen LogP contribution in [0, 0.1) is 5.82 Å². The van der Waals surface area contributed by atoms with Crippen LogP contribution in [0.4, 0.5) is 4.39 Å². The molecule has 0 saturated carbocycles. The molecule has 1 atom stereocenters. The lowest BCUT2D eigenvalue weighted by Crippen LogP contribution is -2.34. The van der Waals surface area contributed by atoms with Crippen LogP contribution in [0.1, 0.15) is 10.4 Å². The predicted molar refractivity (Wildman–Crippen MR) is 64.9 cm³/mol. The van der Waals surface area contributed by atoms with E-state index in [1.165, 1.54) is 24.1 Å². The van der Waals surface area contributed by atoms with E-state index in [1.807, 2.05) is 0 Å². The smallest absolute Gasteiger partial charge is 0.256 e. The van der Waals surface area contributed by atoms with Crippen molar-refractivity contribution in [3.63, 3.8) is 0 Å². The number of amides is 1. The zero-order valence-corrected chi connectivity index (χ0v) is 10.6. The first-order chi connectivity index (χ1) is 8.06. The Labute approximate surface area is 105 Å². The highest BCUT2D eigenvalue weighted by molar-refractivity contribution is 6.21. The van der Waals surface area contributed by atoms with Gasteiger partial charge in [0.2, 0.25) is 0 Å². The molecule has 1 amide bonds. The Kier molecular flexibility index (Phi) is 5.38. The maximum atomic E-state index is 13.4. The number of halogens is 2. The molecule has 0 spiro atoms. The minimum Gasteiger partial charge on any atom is -0.383 e. The van der Waals surface area contributed by atoms with Crippen LogP contribution < -0.4 is 0 Å². The summed E-state index contributed by atoms with van der Waals surface area (Å²) in [5.41, 5.74) is 0.0521. The monoisotopic (exact) mass is 259 g/mol. The Morgan fingerprint density at radius 3 is 2.76 bits per heavy atom. The van der Waals surface area contributed by atoms with E-state index in [2.05, 4.69) is 0 Å². The topological polar surface area (TPSA) is 29.5 Å². The van der Waals surface area contributed by atoms with Gasteiger partial charge in [0.05, 0.1) is 17.5 Å². The molecular weight excluding hydrogens is 245 g/mol. The van der Waals surface area contributed by atoms with E-state index < -0.39 is 5.82 Å². The van der Waals surface area contributed by atoms with E-state index in [0.717, 1.165) is 0 Å². The first kappa shape index (κ1) is 13.9. The molecule has 0 aromatic heterocycles. The second kappa shape index (κ2) is 6.57. The van der Waals surface area contributed by atoms with E-state index in [9.17, 15) is 9.18 Å². The van der Waals surface area contributed by atoms with Crippen molar-refractivity contribution < 1.29 is 13.9 Å². The van der Waals surface area contributed by atoms with Gasteiger partial charge in [-0.1, -0.05) is 12.1 Å². The van der Waals surface area contributed by atoms with Crippen molar-refractivity contribution >= 4 is 17.5 Å². The lowest BCUT2D eigenvalue weighted by atomic mass is 10.2. The number of methoxy groups -OCH3 is 1. The molecule has 5 heteroatoms. The standard InChI is InChI=1S/C12H15ClFNO2/c1-15(7-9(13)8-17-2)12(16)10-5-3-4-6-11(10)14/h3-6,9H,7-8H2,1-2H3. The fourth-order valence-corrected chi connectivity index (χ4v) is 1.79. The summed E-state index contributed by atoms with van der Waals surface area (Å²) in [4.78, 5) is 13.3. The lowest BCUT2D eigenvalue weighted by Gasteiger charge is -2.20. The van der Waals surface area contributed by atoms with E-state index in [4.69, 9.17) is 16.3 Å². The summed E-state index contributed by atoms with van der Waals surface area (Å²) in [7, 11) is 3.12. The van der Waals surface area contributed by atoms with Gasteiger partial charge >= 0.3 is 0 Å². The van der Waals surface area contributed by atoms with Crippen LogP contribution in [0.25, 0.3) is 0 Å². The summed E-state index contributed by atoms with van der Waals surface area (Å²) >= 11 is 5.93. The molecule has 1 aromatic carbocycles. The average molecular weight is 260 g/mol. The van der Waals surface area contributed by atoms with Crippen molar-refractivity contribution in [2.75, 3.05) is 27.3 Å². The van der Waals surface area contributed by atoms with Gasteiger partial charge in [-0.25, -0.2) is 4.39 Å². The Hall–Kier alpha value is -1.13. The third-order valence-electron chi connectivity index (χ3n) is 2.27. The van der Waals surface area contributed by atoms with Crippen LogP contribution in [-0.4, -0.2) is 43.5 Å². The van der Waals surface area contributed by atoms with Gasteiger partial charge in [-0.2, -0.15) is 0 Å². The van der Waals surface area contributed by atoms with Crippen molar-refractivity contribution in [1.82, 2.24) is 4.90 Å². The van der Waals surface area contributed by atoms with Crippen molar-refractivity contribution in [2.45, 2.75) is 5.38 Å². The van der Waals surface area contributed by atoms with Crippen molar-refractivity contribution in [3.05, 3.63) is 35.6 Å². The van der Waals surface area contributed by atoms with Gasteiger partial charge in [0.15, 0.2) is 0 Å². The minimum absolute atomic E-state index is 0.0521.